The van der Waals surface area contributed by atoms with Gasteiger partial charge in [-0.05, 0) is 75.7 Å². The van der Waals surface area contributed by atoms with Gasteiger partial charge >= 0.3 is 6.09 Å². The van der Waals surface area contributed by atoms with E-state index in [1.165, 1.54) is 46.7 Å². The molecule has 2 aromatic carbocycles. The molecule has 2 aromatic heterocycles. The van der Waals surface area contributed by atoms with Crippen molar-refractivity contribution < 1.29 is 22.3 Å². The number of hydrogen-bond donors (Lipinski definition) is 0. The van der Waals surface area contributed by atoms with E-state index in [-0.39, 0.29) is 22.7 Å². The van der Waals surface area contributed by atoms with Gasteiger partial charge < -0.3 is 14.5 Å². The summed E-state index contributed by atoms with van der Waals surface area (Å²) in [5.74, 6) is 0.130. The SMILES string of the molecule is CC1CN(c2ncnc3c2cc(-c2ccc(F)cc2)n3S(=O)(=O)c2ccccc2)CCN1C(=O)OC(C)(C)C. The first-order valence-electron chi connectivity index (χ1n) is 12.6. The lowest BCUT2D eigenvalue weighted by molar-refractivity contribution is 0.0158. The third-order valence-corrected chi connectivity index (χ3v) is 8.23. The van der Waals surface area contributed by atoms with Crippen LogP contribution in [0.2, 0.25) is 0 Å². The van der Waals surface area contributed by atoms with E-state index in [0.29, 0.717) is 42.1 Å². The number of amides is 1. The van der Waals surface area contributed by atoms with Crippen LogP contribution < -0.4 is 4.90 Å². The molecule has 4 aromatic rings. The minimum absolute atomic E-state index is 0.102. The van der Waals surface area contributed by atoms with E-state index in [1.54, 1.807) is 29.2 Å². The number of hydrogen-bond acceptors (Lipinski definition) is 7. The molecule has 1 aliphatic rings. The predicted octanol–water partition coefficient (Wildman–Crippen LogP) is 4.92. The van der Waals surface area contributed by atoms with E-state index in [9.17, 15) is 17.6 Å². The van der Waals surface area contributed by atoms with Gasteiger partial charge in [0, 0.05) is 25.7 Å². The fourth-order valence-electron chi connectivity index (χ4n) is 4.73. The summed E-state index contributed by atoms with van der Waals surface area (Å²) in [5.41, 5.74) is 0.473. The Morgan fingerprint density at radius 1 is 1.03 bits per heavy atom. The number of piperazine rings is 1. The van der Waals surface area contributed by atoms with Crippen LogP contribution in [0.1, 0.15) is 27.7 Å². The fraction of sp³-hybridized carbons (Fsp3) is 0.321. The van der Waals surface area contributed by atoms with Crippen molar-refractivity contribution in [3.8, 4) is 11.3 Å². The topological polar surface area (TPSA) is 97.6 Å². The van der Waals surface area contributed by atoms with Crippen molar-refractivity contribution in [2.24, 2.45) is 0 Å². The molecule has 0 saturated carbocycles. The standard InChI is InChI=1S/C28H30FN5O4S/c1-19-17-32(14-15-33(19)27(35)38-28(2,3)4)25-23-16-24(20-10-12-21(29)13-11-20)34(26(23)31-18-30-25)39(36,37)22-8-6-5-7-9-22/h5-13,16,18-19H,14-15,17H2,1-4H3. The van der Waals surface area contributed by atoms with Gasteiger partial charge in [-0.15, -0.1) is 0 Å². The highest BCUT2D eigenvalue weighted by molar-refractivity contribution is 7.90. The van der Waals surface area contributed by atoms with Gasteiger partial charge in [0.15, 0.2) is 5.65 Å². The third-order valence-electron chi connectivity index (χ3n) is 6.51. The van der Waals surface area contributed by atoms with Crippen molar-refractivity contribution in [3.63, 3.8) is 0 Å². The first kappa shape index (κ1) is 26.6. The van der Waals surface area contributed by atoms with Gasteiger partial charge in [-0.1, -0.05) is 18.2 Å². The molecular weight excluding hydrogens is 521 g/mol. The Balaban J connectivity index is 1.59. The highest BCUT2D eigenvalue weighted by atomic mass is 32.2. The number of benzene rings is 2. The number of carbonyl (C=O) groups excluding carboxylic acids is 1. The highest BCUT2D eigenvalue weighted by Gasteiger charge is 2.33. The smallest absolute Gasteiger partial charge is 0.410 e. The number of fused-ring (bicyclic) bond motifs is 1. The van der Waals surface area contributed by atoms with Crippen LogP contribution in [0.5, 0.6) is 0 Å². The van der Waals surface area contributed by atoms with E-state index in [4.69, 9.17) is 4.74 Å². The van der Waals surface area contributed by atoms with E-state index < -0.39 is 21.4 Å². The molecular formula is C28H30FN5O4S. The highest BCUT2D eigenvalue weighted by Crippen LogP contribution is 2.35. The molecule has 9 nitrogen and oxygen atoms in total. The van der Waals surface area contributed by atoms with Crippen LogP contribution in [0.25, 0.3) is 22.3 Å². The van der Waals surface area contributed by atoms with Crippen LogP contribution in [0, 0.1) is 5.82 Å². The Morgan fingerprint density at radius 3 is 2.36 bits per heavy atom. The summed E-state index contributed by atoms with van der Waals surface area (Å²) in [6.07, 6.45) is 0.967. The molecule has 5 rings (SSSR count). The minimum atomic E-state index is -4.06. The van der Waals surface area contributed by atoms with Crippen LogP contribution in [0.15, 0.2) is 71.9 Å². The van der Waals surface area contributed by atoms with Crippen molar-refractivity contribution in [1.29, 1.82) is 0 Å². The van der Waals surface area contributed by atoms with Crippen LogP contribution in [0.4, 0.5) is 15.0 Å². The Kier molecular flexibility index (Phi) is 6.79. The van der Waals surface area contributed by atoms with E-state index in [0.717, 1.165) is 0 Å². The molecule has 1 amide bonds. The number of nitrogens with zero attached hydrogens (tertiary/aromatic N) is 5. The van der Waals surface area contributed by atoms with Crippen LogP contribution in [0.3, 0.4) is 0 Å². The summed E-state index contributed by atoms with van der Waals surface area (Å²) < 4.78 is 48.3. The third kappa shape index (κ3) is 5.18. The Hall–Kier alpha value is -3.99. The quantitative estimate of drug-likeness (QED) is 0.355. The van der Waals surface area contributed by atoms with Crippen molar-refractivity contribution in [1.82, 2.24) is 18.8 Å². The van der Waals surface area contributed by atoms with Gasteiger partial charge in [0.25, 0.3) is 10.0 Å². The molecule has 3 heterocycles. The zero-order chi connectivity index (χ0) is 27.9. The average Bonchev–Trinajstić information content (AvgIpc) is 3.29. The second-order valence-corrected chi connectivity index (χ2v) is 12.3. The first-order valence-corrected chi connectivity index (χ1v) is 14.1. The average molecular weight is 552 g/mol. The Bertz CT molecular complexity index is 1620. The molecule has 11 heteroatoms. The Labute approximate surface area is 226 Å². The molecule has 204 valence electrons. The van der Waals surface area contributed by atoms with Crippen molar-refractivity contribution in [2.45, 2.75) is 44.2 Å². The molecule has 0 spiro atoms. The molecule has 39 heavy (non-hydrogen) atoms. The molecule has 0 bridgehead atoms. The number of carbonyl (C=O) groups is 1. The van der Waals surface area contributed by atoms with Crippen LogP contribution >= 0.6 is 0 Å². The number of aromatic nitrogens is 3. The maximum Gasteiger partial charge on any atom is 0.410 e. The molecule has 0 radical (unpaired) electrons. The lowest BCUT2D eigenvalue weighted by Crippen LogP contribution is -2.55. The number of ether oxygens (including phenoxy) is 1. The Morgan fingerprint density at radius 2 is 1.72 bits per heavy atom. The van der Waals surface area contributed by atoms with Gasteiger partial charge in [-0.2, -0.15) is 0 Å². The van der Waals surface area contributed by atoms with E-state index in [1.807, 2.05) is 32.6 Å². The summed E-state index contributed by atoms with van der Waals surface area (Å²) in [5, 5.41) is 0.536. The van der Waals surface area contributed by atoms with Gasteiger partial charge in [-0.3, -0.25) is 0 Å². The number of anilines is 1. The second kappa shape index (κ2) is 9.96. The molecule has 0 N–H and O–H groups in total. The van der Waals surface area contributed by atoms with Crippen molar-refractivity contribution in [3.05, 3.63) is 72.8 Å². The normalized spacial score (nSPS) is 16.5. The first-order chi connectivity index (χ1) is 18.5. The summed E-state index contributed by atoms with van der Waals surface area (Å²) in [6, 6.07) is 15.3. The largest absolute Gasteiger partial charge is 0.444 e. The summed E-state index contributed by atoms with van der Waals surface area (Å²) in [7, 11) is -4.06. The van der Waals surface area contributed by atoms with E-state index >= 15 is 0 Å². The number of halogens is 1. The van der Waals surface area contributed by atoms with Crippen LogP contribution in [-0.2, 0) is 14.8 Å². The molecule has 1 aliphatic heterocycles. The molecule has 1 atom stereocenters. The second-order valence-electron chi connectivity index (χ2n) is 10.5. The van der Waals surface area contributed by atoms with Gasteiger partial charge in [0.05, 0.1) is 16.0 Å². The van der Waals surface area contributed by atoms with Gasteiger partial charge in [0.1, 0.15) is 23.6 Å². The van der Waals surface area contributed by atoms with Crippen LogP contribution in [-0.4, -0.2) is 64.6 Å². The molecule has 0 aliphatic carbocycles. The van der Waals surface area contributed by atoms with Crippen molar-refractivity contribution in [2.75, 3.05) is 24.5 Å². The monoisotopic (exact) mass is 551 g/mol. The fourth-order valence-corrected chi connectivity index (χ4v) is 6.24. The maximum absolute atomic E-state index is 13.9. The summed E-state index contributed by atoms with van der Waals surface area (Å²) >= 11 is 0. The zero-order valence-corrected chi connectivity index (χ0v) is 23.0. The summed E-state index contributed by atoms with van der Waals surface area (Å²) in [4.78, 5) is 25.4. The van der Waals surface area contributed by atoms with E-state index in [2.05, 4.69) is 9.97 Å². The minimum Gasteiger partial charge on any atom is -0.444 e. The van der Waals surface area contributed by atoms with Gasteiger partial charge in [0.2, 0.25) is 0 Å². The lowest BCUT2D eigenvalue weighted by Gasteiger charge is -2.40. The van der Waals surface area contributed by atoms with Gasteiger partial charge in [-0.25, -0.2) is 31.5 Å². The maximum atomic E-state index is 13.9. The zero-order valence-electron chi connectivity index (χ0n) is 22.2. The molecule has 1 fully saturated rings. The molecule has 1 unspecified atom stereocenters. The predicted molar refractivity (Wildman–Crippen MR) is 147 cm³/mol. The number of rotatable bonds is 4. The summed E-state index contributed by atoms with van der Waals surface area (Å²) in [6.45, 7) is 8.77. The molecule has 1 saturated heterocycles. The van der Waals surface area contributed by atoms with Crippen molar-refractivity contribution >= 4 is 33.0 Å². The lowest BCUT2D eigenvalue weighted by atomic mass is 10.1.